The lowest BCUT2D eigenvalue weighted by Crippen LogP contribution is -2.22. The van der Waals surface area contributed by atoms with Gasteiger partial charge in [-0.15, -0.1) is 0 Å². The van der Waals surface area contributed by atoms with Gasteiger partial charge in [-0.2, -0.15) is 0 Å². The fourth-order valence-corrected chi connectivity index (χ4v) is 1.37. The maximum absolute atomic E-state index is 13.4. The molecule has 0 saturated carbocycles. The summed E-state index contributed by atoms with van der Waals surface area (Å²) < 4.78 is 13.7. The molecule has 3 heteroatoms. The summed E-state index contributed by atoms with van der Waals surface area (Å²) in [6, 6.07) is 0. The zero-order valence-corrected chi connectivity index (χ0v) is 7.90. The molecule has 0 N–H and O–H groups in total. The summed E-state index contributed by atoms with van der Waals surface area (Å²) in [4.78, 5) is 10.9. The lowest BCUT2D eigenvalue weighted by Gasteiger charge is -2.20. The van der Waals surface area contributed by atoms with Gasteiger partial charge < -0.3 is 0 Å². The fourth-order valence-electron chi connectivity index (χ4n) is 0.830. The molecule has 0 aromatic heterocycles. The van der Waals surface area contributed by atoms with Gasteiger partial charge >= 0.3 is 0 Å². The molecule has 0 saturated heterocycles. The molecule has 11 heavy (non-hydrogen) atoms. The third kappa shape index (κ3) is 1.59. The first-order valence-electron chi connectivity index (χ1n) is 3.24. The largest absolute Gasteiger partial charge is 0.289 e. The second-order valence-corrected chi connectivity index (χ2v) is 3.61. The van der Waals surface area contributed by atoms with E-state index in [9.17, 15) is 9.18 Å². The number of rotatable bonds is 0. The number of allylic oxidation sites excluding steroid dienone is 4. The van der Waals surface area contributed by atoms with Crippen molar-refractivity contribution in [1.29, 1.82) is 0 Å². The van der Waals surface area contributed by atoms with Crippen molar-refractivity contribution in [2.24, 2.45) is 0 Å². The zero-order chi connectivity index (χ0) is 8.65. The van der Waals surface area contributed by atoms with E-state index >= 15 is 0 Å². The van der Waals surface area contributed by atoms with Crippen LogP contribution in [0, 0.1) is 0 Å². The van der Waals surface area contributed by atoms with E-state index in [4.69, 9.17) is 0 Å². The molecule has 1 rings (SSSR count). The lowest BCUT2D eigenvalue weighted by molar-refractivity contribution is -0.111. The first kappa shape index (κ1) is 8.65. The van der Waals surface area contributed by atoms with Crippen LogP contribution in [0.2, 0.25) is 0 Å². The van der Waals surface area contributed by atoms with Crippen LogP contribution in [-0.2, 0) is 4.79 Å². The number of carbonyl (C=O) groups excluding carboxylic acids is 1. The van der Waals surface area contributed by atoms with Gasteiger partial charge in [-0.1, -0.05) is 0 Å². The zero-order valence-electron chi connectivity index (χ0n) is 6.32. The van der Waals surface area contributed by atoms with Crippen LogP contribution in [0.15, 0.2) is 22.2 Å². The average molecular weight is 219 g/mol. The van der Waals surface area contributed by atoms with E-state index in [0.717, 1.165) is 0 Å². The molecule has 0 heterocycles. The molecule has 0 amide bonds. The Morgan fingerprint density at radius 3 is 2.64 bits per heavy atom. The van der Waals surface area contributed by atoms with E-state index in [0.29, 0.717) is 10.1 Å². The minimum Gasteiger partial charge on any atom is -0.289 e. The van der Waals surface area contributed by atoms with Crippen LogP contribution in [0.3, 0.4) is 0 Å². The van der Waals surface area contributed by atoms with Crippen molar-refractivity contribution in [2.75, 3.05) is 0 Å². The summed E-state index contributed by atoms with van der Waals surface area (Å²) in [6.45, 7) is 3.03. The Morgan fingerprint density at radius 1 is 1.64 bits per heavy atom. The second-order valence-electron chi connectivity index (χ2n) is 2.76. The summed E-state index contributed by atoms with van der Waals surface area (Å²) >= 11 is 2.98. The Hall–Kier alpha value is -0.440. The molecular formula is C8H8BrFO. The molecule has 1 aliphatic carbocycles. The van der Waals surface area contributed by atoms with Gasteiger partial charge in [0.25, 0.3) is 0 Å². The molecule has 0 aliphatic heterocycles. The van der Waals surface area contributed by atoms with Crippen molar-refractivity contribution < 1.29 is 9.18 Å². The van der Waals surface area contributed by atoms with E-state index in [1.165, 1.54) is 19.1 Å². The number of alkyl halides is 1. The minimum absolute atomic E-state index is 0.169. The van der Waals surface area contributed by atoms with Crippen molar-refractivity contribution in [3.63, 3.8) is 0 Å². The summed E-state index contributed by atoms with van der Waals surface area (Å²) in [5.74, 6) is -0.169. The topological polar surface area (TPSA) is 17.1 Å². The monoisotopic (exact) mass is 218 g/mol. The van der Waals surface area contributed by atoms with Gasteiger partial charge in [0.1, 0.15) is 5.67 Å². The summed E-state index contributed by atoms with van der Waals surface area (Å²) in [6.07, 6.45) is 2.59. The number of ketones is 1. The van der Waals surface area contributed by atoms with Gasteiger partial charge in [-0.05, 0) is 47.5 Å². The molecule has 0 spiro atoms. The first-order chi connectivity index (χ1) is 4.93. The summed E-state index contributed by atoms with van der Waals surface area (Å²) in [7, 11) is 0. The molecule has 1 aliphatic rings. The molecule has 0 radical (unpaired) electrons. The SMILES string of the molecule is CC1=CC(=O)C(Br)=CC1(C)F. The van der Waals surface area contributed by atoms with Gasteiger partial charge in [0, 0.05) is 0 Å². The van der Waals surface area contributed by atoms with Crippen LogP contribution in [0.4, 0.5) is 4.39 Å². The van der Waals surface area contributed by atoms with Gasteiger partial charge in [0.05, 0.1) is 4.48 Å². The number of carbonyl (C=O) groups is 1. The molecule has 0 bridgehead atoms. The molecule has 0 aromatic carbocycles. The molecule has 1 nitrogen and oxygen atoms in total. The van der Waals surface area contributed by atoms with Gasteiger partial charge in [0.15, 0.2) is 5.78 Å². The molecule has 60 valence electrons. The number of halogens is 2. The standard InChI is InChI=1S/C8H8BrFO/c1-5-3-7(11)6(9)4-8(5,2)10/h3-4H,1-2H3. The predicted molar refractivity (Wildman–Crippen MR) is 45.3 cm³/mol. The van der Waals surface area contributed by atoms with Crippen molar-refractivity contribution in [1.82, 2.24) is 0 Å². The molecule has 0 fully saturated rings. The first-order valence-corrected chi connectivity index (χ1v) is 4.03. The van der Waals surface area contributed by atoms with Crippen molar-refractivity contribution in [3.05, 3.63) is 22.2 Å². The van der Waals surface area contributed by atoms with Gasteiger partial charge in [-0.25, -0.2) is 4.39 Å². The van der Waals surface area contributed by atoms with Crippen LogP contribution >= 0.6 is 15.9 Å². The maximum atomic E-state index is 13.4. The normalized spacial score (nSPS) is 31.5. The Kier molecular flexibility index (Phi) is 2.01. The van der Waals surface area contributed by atoms with Gasteiger partial charge in [-0.3, -0.25) is 4.79 Å². The Morgan fingerprint density at radius 2 is 2.18 bits per heavy atom. The van der Waals surface area contributed by atoms with Crippen molar-refractivity contribution in [2.45, 2.75) is 19.5 Å². The summed E-state index contributed by atoms with van der Waals surface area (Å²) in [5.41, 5.74) is -1.03. The Bertz CT molecular complexity index is 263. The van der Waals surface area contributed by atoms with Gasteiger partial charge in [0.2, 0.25) is 0 Å². The highest BCUT2D eigenvalue weighted by Gasteiger charge is 2.28. The lowest BCUT2D eigenvalue weighted by atomic mass is 9.93. The van der Waals surface area contributed by atoms with E-state index in [1.807, 2.05) is 0 Å². The van der Waals surface area contributed by atoms with Crippen LogP contribution in [0.25, 0.3) is 0 Å². The smallest absolute Gasteiger partial charge is 0.192 e. The van der Waals surface area contributed by atoms with Crippen LogP contribution in [0.1, 0.15) is 13.8 Å². The number of hydrogen-bond acceptors (Lipinski definition) is 1. The maximum Gasteiger partial charge on any atom is 0.192 e. The minimum atomic E-state index is -1.48. The highest BCUT2D eigenvalue weighted by molar-refractivity contribution is 9.12. The van der Waals surface area contributed by atoms with E-state index < -0.39 is 5.67 Å². The second kappa shape index (κ2) is 2.55. The molecule has 1 atom stereocenters. The van der Waals surface area contributed by atoms with Crippen LogP contribution in [0.5, 0.6) is 0 Å². The molecule has 1 unspecified atom stereocenters. The van der Waals surface area contributed by atoms with Crippen LogP contribution in [-0.4, -0.2) is 11.5 Å². The van der Waals surface area contributed by atoms with Crippen molar-refractivity contribution in [3.8, 4) is 0 Å². The summed E-state index contributed by atoms with van der Waals surface area (Å²) in [5, 5.41) is 0. The Labute approximate surface area is 73.1 Å². The Balaban J connectivity index is 3.08. The third-order valence-corrected chi connectivity index (χ3v) is 2.37. The number of hydrogen-bond donors (Lipinski definition) is 0. The predicted octanol–water partition coefficient (Wildman–Crippen LogP) is 2.52. The quantitative estimate of drug-likeness (QED) is 0.611. The third-order valence-electron chi connectivity index (χ3n) is 1.75. The molecule has 0 aromatic rings. The van der Waals surface area contributed by atoms with Crippen LogP contribution < -0.4 is 0 Å². The van der Waals surface area contributed by atoms with E-state index in [1.54, 1.807) is 6.92 Å². The average Bonchev–Trinajstić information content (AvgIpc) is 1.83. The van der Waals surface area contributed by atoms with Crippen molar-refractivity contribution >= 4 is 21.7 Å². The van der Waals surface area contributed by atoms with E-state index in [2.05, 4.69) is 15.9 Å². The highest BCUT2D eigenvalue weighted by Crippen LogP contribution is 2.30. The highest BCUT2D eigenvalue weighted by atomic mass is 79.9. The molecular weight excluding hydrogens is 211 g/mol. The fraction of sp³-hybridized carbons (Fsp3) is 0.375. The van der Waals surface area contributed by atoms with E-state index in [-0.39, 0.29) is 5.78 Å².